The van der Waals surface area contributed by atoms with E-state index >= 15 is 0 Å². The van der Waals surface area contributed by atoms with E-state index in [0.717, 1.165) is 18.4 Å². The van der Waals surface area contributed by atoms with Gasteiger partial charge in [-0.1, -0.05) is 58.0 Å². The summed E-state index contributed by atoms with van der Waals surface area (Å²) in [5, 5.41) is 13.0. The number of rotatable bonds is 8. The van der Waals surface area contributed by atoms with Gasteiger partial charge in [0, 0.05) is 12.5 Å². The van der Waals surface area contributed by atoms with Gasteiger partial charge in [-0.2, -0.15) is 0 Å². The number of carbonyl (C=O) groups excluding carboxylic acids is 1. The molecule has 0 fully saturated rings. The van der Waals surface area contributed by atoms with Crippen LogP contribution in [0.5, 0.6) is 0 Å². The van der Waals surface area contributed by atoms with Crippen LogP contribution in [0.1, 0.15) is 52.2 Å². The van der Waals surface area contributed by atoms with Crippen molar-refractivity contribution in [2.24, 2.45) is 17.8 Å². The molecule has 1 unspecified atom stereocenters. The first-order chi connectivity index (χ1) is 9.90. The minimum Gasteiger partial charge on any atom is -0.387 e. The molecule has 0 aliphatic carbocycles. The predicted octanol–water partition coefficient (Wildman–Crippen LogP) is 3.54. The number of nitrogens with one attached hydrogen (secondary N) is 1. The van der Waals surface area contributed by atoms with Gasteiger partial charge >= 0.3 is 0 Å². The maximum atomic E-state index is 12.3. The quantitative estimate of drug-likeness (QED) is 0.769. The zero-order valence-corrected chi connectivity index (χ0v) is 13.7. The summed E-state index contributed by atoms with van der Waals surface area (Å²) in [5.74, 6) is 1.09. The maximum absolute atomic E-state index is 12.3. The Labute approximate surface area is 128 Å². The number of aliphatic hydroxyl groups excluding tert-OH is 1. The molecule has 118 valence electrons. The fourth-order valence-corrected chi connectivity index (χ4v) is 2.58. The Bertz CT molecular complexity index is 404. The summed E-state index contributed by atoms with van der Waals surface area (Å²) in [6, 6.07) is 9.44. The van der Waals surface area contributed by atoms with Crippen molar-refractivity contribution in [3.05, 3.63) is 35.9 Å². The van der Waals surface area contributed by atoms with Gasteiger partial charge < -0.3 is 10.4 Å². The molecule has 1 amide bonds. The van der Waals surface area contributed by atoms with Crippen LogP contribution in [-0.2, 0) is 4.79 Å². The topological polar surface area (TPSA) is 49.3 Å². The van der Waals surface area contributed by atoms with Gasteiger partial charge in [0.2, 0.25) is 5.91 Å². The number of benzene rings is 1. The molecule has 1 rings (SSSR count). The Morgan fingerprint density at radius 2 is 1.57 bits per heavy atom. The first-order valence-corrected chi connectivity index (χ1v) is 7.90. The molecule has 0 radical (unpaired) electrons. The molecular formula is C18H29NO2. The highest BCUT2D eigenvalue weighted by Gasteiger charge is 2.21. The van der Waals surface area contributed by atoms with Crippen LogP contribution in [0.15, 0.2) is 30.3 Å². The van der Waals surface area contributed by atoms with Crippen molar-refractivity contribution >= 4 is 5.91 Å². The largest absolute Gasteiger partial charge is 0.387 e. The maximum Gasteiger partial charge on any atom is 0.223 e. The number of amides is 1. The highest BCUT2D eigenvalue weighted by Crippen LogP contribution is 2.20. The van der Waals surface area contributed by atoms with E-state index in [0.29, 0.717) is 11.8 Å². The molecule has 0 aliphatic heterocycles. The second kappa shape index (κ2) is 8.83. The number of carbonyl (C=O) groups is 1. The zero-order chi connectivity index (χ0) is 15.8. The molecule has 0 spiro atoms. The fourth-order valence-electron chi connectivity index (χ4n) is 2.58. The second-order valence-corrected chi connectivity index (χ2v) is 6.63. The molecule has 3 nitrogen and oxygen atoms in total. The molecular weight excluding hydrogens is 262 g/mol. The highest BCUT2D eigenvalue weighted by molar-refractivity contribution is 5.78. The minimum atomic E-state index is -0.645. The average Bonchev–Trinajstić information content (AvgIpc) is 2.43. The molecule has 1 atom stereocenters. The van der Waals surface area contributed by atoms with E-state index in [9.17, 15) is 9.90 Å². The van der Waals surface area contributed by atoms with Gasteiger partial charge in [0.05, 0.1) is 6.10 Å². The van der Waals surface area contributed by atoms with E-state index in [1.165, 1.54) is 0 Å². The van der Waals surface area contributed by atoms with E-state index in [1.54, 1.807) is 0 Å². The Balaban J connectivity index is 2.52. The number of hydrogen-bond acceptors (Lipinski definition) is 2. The van der Waals surface area contributed by atoms with Crippen molar-refractivity contribution in [2.75, 3.05) is 6.54 Å². The van der Waals surface area contributed by atoms with Gasteiger partial charge in [-0.25, -0.2) is 0 Å². The van der Waals surface area contributed by atoms with Crippen molar-refractivity contribution < 1.29 is 9.90 Å². The average molecular weight is 291 g/mol. The molecule has 0 aliphatic rings. The first kappa shape index (κ1) is 17.7. The summed E-state index contributed by atoms with van der Waals surface area (Å²) >= 11 is 0. The van der Waals surface area contributed by atoms with E-state index in [2.05, 4.69) is 33.0 Å². The van der Waals surface area contributed by atoms with Crippen LogP contribution in [0.25, 0.3) is 0 Å². The van der Waals surface area contributed by atoms with Crippen molar-refractivity contribution in [3.8, 4) is 0 Å². The molecule has 0 saturated carbocycles. The van der Waals surface area contributed by atoms with Crippen LogP contribution in [0.3, 0.4) is 0 Å². The van der Waals surface area contributed by atoms with Gasteiger partial charge in [-0.05, 0) is 30.2 Å². The summed E-state index contributed by atoms with van der Waals surface area (Å²) < 4.78 is 0. The Morgan fingerprint density at radius 3 is 2.05 bits per heavy atom. The molecule has 0 aromatic heterocycles. The summed E-state index contributed by atoms with van der Waals surface area (Å²) in [7, 11) is 0. The van der Waals surface area contributed by atoms with Crippen LogP contribution in [-0.4, -0.2) is 17.6 Å². The van der Waals surface area contributed by atoms with E-state index in [4.69, 9.17) is 0 Å². The van der Waals surface area contributed by atoms with Crippen molar-refractivity contribution in [1.82, 2.24) is 5.32 Å². The van der Waals surface area contributed by atoms with E-state index < -0.39 is 6.10 Å². The normalized spacial score (nSPS) is 13.0. The molecule has 2 N–H and O–H groups in total. The van der Waals surface area contributed by atoms with Crippen LogP contribution in [0.2, 0.25) is 0 Å². The highest BCUT2D eigenvalue weighted by atomic mass is 16.3. The monoisotopic (exact) mass is 291 g/mol. The summed E-state index contributed by atoms with van der Waals surface area (Å²) in [4.78, 5) is 12.3. The smallest absolute Gasteiger partial charge is 0.223 e. The van der Waals surface area contributed by atoms with Gasteiger partial charge in [0.25, 0.3) is 0 Å². The zero-order valence-electron chi connectivity index (χ0n) is 13.7. The Hall–Kier alpha value is -1.35. The SMILES string of the molecule is CC(C)CC(CC(C)C)C(=O)NCC(O)c1ccccc1. The van der Waals surface area contributed by atoms with Crippen molar-refractivity contribution in [1.29, 1.82) is 0 Å². The van der Waals surface area contributed by atoms with Crippen LogP contribution in [0.4, 0.5) is 0 Å². The van der Waals surface area contributed by atoms with Crippen LogP contribution < -0.4 is 5.32 Å². The third kappa shape index (κ3) is 6.76. The van der Waals surface area contributed by atoms with Gasteiger partial charge in [-0.15, -0.1) is 0 Å². The first-order valence-electron chi connectivity index (χ1n) is 7.90. The van der Waals surface area contributed by atoms with Crippen molar-refractivity contribution in [3.63, 3.8) is 0 Å². The number of aliphatic hydroxyl groups is 1. The molecule has 21 heavy (non-hydrogen) atoms. The van der Waals surface area contributed by atoms with Crippen molar-refractivity contribution in [2.45, 2.75) is 46.6 Å². The van der Waals surface area contributed by atoms with Crippen LogP contribution >= 0.6 is 0 Å². The lowest BCUT2D eigenvalue weighted by atomic mass is 9.88. The third-order valence-corrected chi connectivity index (χ3v) is 3.54. The molecule has 1 aromatic carbocycles. The molecule has 0 bridgehead atoms. The number of hydrogen-bond donors (Lipinski definition) is 2. The van der Waals surface area contributed by atoms with Gasteiger partial charge in [0.15, 0.2) is 0 Å². The third-order valence-electron chi connectivity index (χ3n) is 3.54. The summed E-state index contributed by atoms with van der Waals surface area (Å²) in [6.07, 6.45) is 1.14. The summed E-state index contributed by atoms with van der Waals surface area (Å²) in [5.41, 5.74) is 0.835. The van der Waals surface area contributed by atoms with Gasteiger partial charge in [0.1, 0.15) is 0 Å². The predicted molar refractivity (Wildman–Crippen MR) is 86.8 cm³/mol. The lowest BCUT2D eigenvalue weighted by molar-refractivity contribution is -0.126. The lowest BCUT2D eigenvalue weighted by Gasteiger charge is -2.21. The standard InChI is InChI=1S/C18H29NO2/c1-13(2)10-16(11-14(3)4)18(21)19-12-17(20)15-8-6-5-7-9-15/h5-9,13-14,16-17,20H,10-12H2,1-4H3,(H,19,21). The second-order valence-electron chi connectivity index (χ2n) is 6.63. The molecule has 0 saturated heterocycles. The minimum absolute atomic E-state index is 0.0352. The Morgan fingerprint density at radius 1 is 1.05 bits per heavy atom. The summed E-state index contributed by atoms with van der Waals surface area (Å²) in [6.45, 7) is 8.83. The molecule has 0 heterocycles. The van der Waals surface area contributed by atoms with E-state index in [1.807, 2.05) is 30.3 Å². The molecule has 1 aromatic rings. The fraction of sp³-hybridized carbons (Fsp3) is 0.611. The van der Waals surface area contributed by atoms with E-state index in [-0.39, 0.29) is 18.4 Å². The van der Waals surface area contributed by atoms with Crippen LogP contribution in [0, 0.1) is 17.8 Å². The molecule has 3 heteroatoms. The lowest BCUT2D eigenvalue weighted by Crippen LogP contribution is -2.35. The van der Waals surface area contributed by atoms with Gasteiger partial charge in [-0.3, -0.25) is 4.79 Å². The Kier molecular flexibility index (Phi) is 7.44.